The van der Waals surface area contributed by atoms with Gasteiger partial charge in [-0.2, -0.15) is 0 Å². The predicted molar refractivity (Wildman–Crippen MR) is 73.6 cm³/mol. The molecule has 0 aliphatic rings. The van der Waals surface area contributed by atoms with E-state index in [4.69, 9.17) is 0 Å². The summed E-state index contributed by atoms with van der Waals surface area (Å²) in [7, 11) is 0. The molecule has 1 amide bonds. The van der Waals surface area contributed by atoms with Crippen LogP contribution in [0.1, 0.15) is 21.1 Å². The van der Waals surface area contributed by atoms with Gasteiger partial charge in [-0.25, -0.2) is 4.98 Å². The molecule has 0 saturated carbocycles. The molecule has 1 aromatic heterocycles. The van der Waals surface area contributed by atoms with E-state index in [1.54, 1.807) is 11.3 Å². The molecular formula is C14H16N2OS. The quantitative estimate of drug-likeness (QED) is 0.918. The number of carbonyl (C=O) groups is 1. The average Bonchev–Trinajstić information content (AvgIpc) is 2.66. The highest BCUT2D eigenvalue weighted by Crippen LogP contribution is 2.16. The Morgan fingerprint density at radius 2 is 2.00 bits per heavy atom. The summed E-state index contributed by atoms with van der Waals surface area (Å²) < 4.78 is 0. The smallest absolute Gasteiger partial charge is 0.224 e. The fraction of sp³-hybridized carbons (Fsp3) is 0.286. The highest BCUT2D eigenvalue weighted by atomic mass is 32.1. The summed E-state index contributed by atoms with van der Waals surface area (Å²) in [6, 6.07) is 9.76. The molecule has 1 heterocycles. The Kier molecular flexibility index (Phi) is 4.10. The van der Waals surface area contributed by atoms with Crippen molar-refractivity contribution in [2.45, 2.75) is 26.8 Å². The molecule has 0 saturated heterocycles. The first kappa shape index (κ1) is 12.8. The highest BCUT2D eigenvalue weighted by Gasteiger charge is 2.07. The third-order valence-electron chi connectivity index (χ3n) is 2.65. The Labute approximate surface area is 111 Å². The van der Waals surface area contributed by atoms with E-state index < -0.39 is 0 Å². The number of carbonyl (C=O) groups excluding carboxylic acids is 1. The van der Waals surface area contributed by atoms with Crippen LogP contribution >= 0.6 is 11.3 Å². The number of nitrogens with zero attached hydrogens (tertiary/aromatic N) is 1. The zero-order chi connectivity index (χ0) is 13.0. The lowest BCUT2D eigenvalue weighted by Gasteiger charge is -2.04. The van der Waals surface area contributed by atoms with Crippen LogP contribution in [0, 0.1) is 13.8 Å². The molecule has 1 N–H and O–H groups in total. The summed E-state index contributed by atoms with van der Waals surface area (Å²) in [5.74, 6) is 0.0478. The fourth-order valence-corrected chi connectivity index (χ4v) is 2.64. The lowest BCUT2D eigenvalue weighted by atomic mass is 10.1. The Hall–Kier alpha value is -1.68. The zero-order valence-corrected chi connectivity index (χ0v) is 11.4. The SMILES string of the molecule is Cc1nc(C)c(CNC(=O)Cc2ccccc2)s1. The molecule has 1 aromatic carbocycles. The van der Waals surface area contributed by atoms with E-state index in [1.165, 1.54) is 0 Å². The van der Waals surface area contributed by atoms with Crippen molar-refractivity contribution < 1.29 is 4.79 Å². The van der Waals surface area contributed by atoms with E-state index >= 15 is 0 Å². The van der Waals surface area contributed by atoms with Crippen LogP contribution in [0.15, 0.2) is 30.3 Å². The lowest BCUT2D eigenvalue weighted by Crippen LogP contribution is -2.24. The van der Waals surface area contributed by atoms with Crippen LogP contribution in [0.4, 0.5) is 0 Å². The van der Waals surface area contributed by atoms with Gasteiger partial charge in [-0.1, -0.05) is 30.3 Å². The van der Waals surface area contributed by atoms with Crippen LogP contribution in [0.25, 0.3) is 0 Å². The maximum Gasteiger partial charge on any atom is 0.224 e. The summed E-state index contributed by atoms with van der Waals surface area (Å²) in [6.07, 6.45) is 0.428. The minimum absolute atomic E-state index is 0.0478. The predicted octanol–water partition coefficient (Wildman–Crippen LogP) is 2.62. The van der Waals surface area contributed by atoms with Crippen LogP contribution in [0.5, 0.6) is 0 Å². The van der Waals surface area contributed by atoms with Crippen molar-refractivity contribution in [3.8, 4) is 0 Å². The lowest BCUT2D eigenvalue weighted by molar-refractivity contribution is -0.120. The minimum atomic E-state index is 0.0478. The van der Waals surface area contributed by atoms with Gasteiger partial charge in [0, 0.05) is 4.88 Å². The largest absolute Gasteiger partial charge is 0.351 e. The molecule has 0 unspecified atom stereocenters. The van der Waals surface area contributed by atoms with Crippen molar-refractivity contribution >= 4 is 17.2 Å². The second-order valence-electron chi connectivity index (χ2n) is 4.18. The summed E-state index contributed by atoms with van der Waals surface area (Å²) in [4.78, 5) is 17.3. The van der Waals surface area contributed by atoms with Gasteiger partial charge in [-0.3, -0.25) is 4.79 Å². The molecular weight excluding hydrogens is 244 g/mol. The Balaban J connectivity index is 1.87. The number of nitrogens with one attached hydrogen (secondary N) is 1. The molecule has 0 bridgehead atoms. The molecule has 18 heavy (non-hydrogen) atoms. The molecule has 0 aliphatic carbocycles. The second-order valence-corrected chi connectivity index (χ2v) is 5.47. The molecule has 94 valence electrons. The highest BCUT2D eigenvalue weighted by molar-refractivity contribution is 7.11. The van der Waals surface area contributed by atoms with Crippen molar-refractivity contribution in [1.29, 1.82) is 0 Å². The number of benzene rings is 1. The van der Waals surface area contributed by atoms with Gasteiger partial charge in [-0.05, 0) is 19.4 Å². The van der Waals surface area contributed by atoms with Crippen molar-refractivity contribution in [3.05, 3.63) is 51.5 Å². The van der Waals surface area contributed by atoms with Gasteiger partial charge in [0.15, 0.2) is 0 Å². The van der Waals surface area contributed by atoms with Crippen LogP contribution < -0.4 is 5.32 Å². The first-order valence-corrected chi connectivity index (χ1v) is 6.70. The molecule has 0 radical (unpaired) electrons. The van der Waals surface area contributed by atoms with E-state index in [2.05, 4.69) is 10.3 Å². The first-order valence-electron chi connectivity index (χ1n) is 5.88. The molecule has 0 aliphatic heterocycles. The van der Waals surface area contributed by atoms with E-state index in [1.807, 2.05) is 44.2 Å². The second kappa shape index (κ2) is 5.78. The molecule has 0 spiro atoms. The molecule has 4 heteroatoms. The van der Waals surface area contributed by atoms with Gasteiger partial charge in [0.2, 0.25) is 5.91 Å². The molecule has 0 atom stereocenters. The Morgan fingerprint density at radius 3 is 2.61 bits per heavy atom. The Bertz CT molecular complexity index is 534. The van der Waals surface area contributed by atoms with Gasteiger partial charge in [0.25, 0.3) is 0 Å². The number of hydrogen-bond donors (Lipinski definition) is 1. The fourth-order valence-electron chi connectivity index (χ4n) is 1.76. The van der Waals surface area contributed by atoms with Crippen LogP contribution in [-0.4, -0.2) is 10.9 Å². The van der Waals surface area contributed by atoms with Gasteiger partial charge in [0.05, 0.1) is 23.7 Å². The number of thiazole rings is 1. The molecule has 3 nitrogen and oxygen atoms in total. The summed E-state index contributed by atoms with van der Waals surface area (Å²) >= 11 is 1.64. The van der Waals surface area contributed by atoms with Gasteiger partial charge < -0.3 is 5.32 Å². The number of hydrogen-bond acceptors (Lipinski definition) is 3. The van der Waals surface area contributed by atoms with E-state index in [9.17, 15) is 4.79 Å². The monoisotopic (exact) mass is 260 g/mol. The van der Waals surface area contributed by atoms with Crippen LogP contribution in [-0.2, 0) is 17.8 Å². The van der Waals surface area contributed by atoms with Crippen molar-refractivity contribution in [1.82, 2.24) is 10.3 Å². The molecule has 2 rings (SSSR count). The van der Waals surface area contributed by atoms with Crippen molar-refractivity contribution in [3.63, 3.8) is 0 Å². The third-order valence-corrected chi connectivity index (χ3v) is 3.73. The van der Waals surface area contributed by atoms with E-state index in [0.717, 1.165) is 21.1 Å². The topological polar surface area (TPSA) is 42.0 Å². The van der Waals surface area contributed by atoms with E-state index in [0.29, 0.717) is 13.0 Å². The minimum Gasteiger partial charge on any atom is -0.351 e. The number of aryl methyl sites for hydroxylation is 2. The zero-order valence-electron chi connectivity index (χ0n) is 10.6. The number of rotatable bonds is 4. The van der Waals surface area contributed by atoms with Gasteiger partial charge in [0.1, 0.15) is 0 Å². The molecule has 2 aromatic rings. The van der Waals surface area contributed by atoms with Crippen LogP contribution in [0.2, 0.25) is 0 Å². The summed E-state index contributed by atoms with van der Waals surface area (Å²) in [6.45, 7) is 4.53. The first-order chi connectivity index (χ1) is 8.65. The number of aromatic nitrogens is 1. The van der Waals surface area contributed by atoms with Gasteiger partial charge >= 0.3 is 0 Å². The average molecular weight is 260 g/mol. The maximum absolute atomic E-state index is 11.8. The van der Waals surface area contributed by atoms with E-state index in [-0.39, 0.29) is 5.91 Å². The van der Waals surface area contributed by atoms with Gasteiger partial charge in [-0.15, -0.1) is 11.3 Å². The maximum atomic E-state index is 11.8. The Morgan fingerprint density at radius 1 is 1.28 bits per heavy atom. The summed E-state index contributed by atoms with van der Waals surface area (Å²) in [5.41, 5.74) is 2.05. The van der Waals surface area contributed by atoms with Crippen molar-refractivity contribution in [2.75, 3.05) is 0 Å². The van der Waals surface area contributed by atoms with Crippen molar-refractivity contribution in [2.24, 2.45) is 0 Å². The normalized spacial score (nSPS) is 10.3. The third kappa shape index (κ3) is 3.40. The standard InChI is InChI=1S/C14H16N2OS/c1-10-13(18-11(2)16-10)9-15-14(17)8-12-6-4-3-5-7-12/h3-7H,8-9H2,1-2H3,(H,15,17). The molecule has 0 fully saturated rings. The summed E-state index contributed by atoms with van der Waals surface area (Å²) in [5, 5.41) is 3.97. The number of amides is 1. The van der Waals surface area contributed by atoms with Crippen LogP contribution in [0.3, 0.4) is 0 Å².